The maximum absolute atomic E-state index is 13.9. The monoisotopic (exact) mass is 501 g/mol. The van der Waals surface area contributed by atoms with Gasteiger partial charge in [0.15, 0.2) is 5.65 Å². The lowest BCUT2D eigenvalue weighted by atomic mass is 10.1. The van der Waals surface area contributed by atoms with Crippen molar-refractivity contribution in [3.05, 3.63) is 93.8 Å². The highest BCUT2D eigenvalue weighted by molar-refractivity contribution is 7.90. The molecule has 0 saturated carbocycles. The first-order valence-corrected chi connectivity index (χ1v) is 12.6. The summed E-state index contributed by atoms with van der Waals surface area (Å²) < 4.78 is 30.1. The number of rotatable bonds is 4. The van der Waals surface area contributed by atoms with Gasteiger partial charge in [-0.15, -0.1) is 0 Å². The molecule has 3 aromatic heterocycles. The van der Waals surface area contributed by atoms with Crippen molar-refractivity contribution in [2.24, 2.45) is 0 Å². The molecule has 5 aromatic rings. The zero-order valence-electron chi connectivity index (χ0n) is 20.1. The molecule has 0 unspecified atom stereocenters. The Morgan fingerprint density at radius 3 is 2.36 bits per heavy atom. The predicted molar refractivity (Wildman–Crippen MR) is 136 cm³/mol. The molecule has 9 nitrogen and oxygen atoms in total. The van der Waals surface area contributed by atoms with Gasteiger partial charge in [-0.05, 0) is 63.6 Å². The van der Waals surface area contributed by atoms with Gasteiger partial charge in [0.1, 0.15) is 12.1 Å². The quantitative estimate of drug-likeness (QED) is 0.397. The third-order valence-corrected chi connectivity index (χ3v) is 7.87. The minimum absolute atomic E-state index is 0.00301. The Bertz CT molecular complexity index is 1820. The van der Waals surface area contributed by atoms with E-state index in [2.05, 4.69) is 15.2 Å². The summed E-state index contributed by atoms with van der Waals surface area (Å²) in [6, 6.07) is 13.0. The molecule has 0 fully saturated rings. The molecular formula is C26H23N5O4S. The van der Waals surface area contributed by atoms with E-state index in [1.54, 1.807) is 44.2 Å². The zero-order chi connectivity index (χ0) is 25.8. The van der Waals surface area contributed by atoms with Gasteiger partial charge in [-0.25, -0.2) is 17.4 Å². The van der Waals surface area contributed by atoms with E-state index in [-0.39, 0.29) is 27.4 Å². The lowest BCUT2D eigenvalue weighted by molar-refractivity contribution is 0.470. The van der Waals surface area contributed by atoms with Gasteiger partial charge in [0.25, 0.3) is 15.6 Å². The second-order valence-electron chi connectivity index (χ2n) is 8.73. The van der Waals surface area contributed by atoms with Gasteiger partial charge in [-0.3, -0.25) is 9.36 Å². The largest absolute Gasteiger partial charge is 0.508 e. The van der Waals surface area contributed by atoms with Crippen LogP contribution in [0.15, 0.2) is 70.7 Å². The molecule has 0 atom stereocenters. The third-order valence-electron chi connectivity index (χ3n) is 6.15. The second-order valence-corrected chi connectivity index (χ2v) is 10.5. The molecule has 10 heteroatoms. The minimum Gasteiger partial charge on any atom is -0.508 e. The SMILES string of the molecule is Cc1ccc(S(=O)(=O)n2c(-c3cnnc(C)c3)cc3c(=O)n(-c4c(C)ccc(O)c4C)cnc32)cc1. The Labute approximate surface area is 207 Å². The molecule has 0 radical (unpaired) electrons. The van der Waals surface area contributed by atoms with Crippen molar-refractivity contribution in [2.75, 3.05) is 0 Å². The normalized spacial score (nSPS) is 11.8. The number of phenols is 1. The summed E-state index contributed by atoms with van der Waals surface area (Å²) in [5.41, 5.74) is 3.53. The molecule has 3 heterocycles. The van der Waals surface area contributed by atoms with Crippen LogP contribution in [0.5, 0.6) is 5.75 Å². The zero-order valence-corrected chi connectivity index (χ0v) is 20.9. The Hall–Kier alpha value is -4.31. The van der Waals surface area contributed by atoms with E-state index in [4.69, 9.17) is 0 Å². The maximum atomic E-state index is 13.9. The molecule has 5 rings (SSSR count). The van der Waals surface area contributed by atoms with Crippen LogP contribution in [0, 0.1) is 27.7 Å². The molecule has 0 aliphatic rings. The summed E-state index contributed by atoms with van der Waals surface area (Å²) in [5, 5.41) is 18.3. The maximum Gasteiger partial charge on any atom is 0.269 e. The fourth-order valence-corrected chi connectivity index (χ4v) is 5.77. The van der Waals surface area contributed by atoms with Crippen LogP contribution in [-0.4, -0.2) is 37.2 Å². The number of hydrogen-bond acceptors (Lipinski definition) is 7. The fourth-order valence-electron chi connectivity index (χ4n) is 4.29. The van der Waals surface area contributed by atoms with Gasteiger partial charge in [0, 0.05) is 11.1 Å². The second kappa shape index (κ2) is 8.42. The number of aromatic nitrogens is 5. The molecule has 0 amide bonds. The van der Waals surface area contributed by atoms with E-state index in [1.807, 2.05) is 13.8 Å². The summed E-state index contributed by atoms with van der Waals surface area (Å²) in [7, 11) is -4.13. The van der Waals surface area contributed by atoms with Gasteiger partial charge in [-0.1, -0.05) is 23.8 Å². The van der Waals surface area contributed by atoms with Gasteiger partial charge in [-0.2, -0.15) is 10.2 Å². The van der Waals surface area contributed by atoms with E-state index in [0.29, 0.717) is 22.5 Å². The molecule has 0 saturated heterocycles. The van der Waals surface area contributed by atoms with Crippen molar-refractivity contribution in [1.82, 2.24) is 23.7 Å². The Morgan fingerprint density at radius 1 is 0.944 bits per heavy atom. The Balaban J connectivity index is 1.87. The predicted octanol–water partition coefficient (Wildman–Crippen LogP) is 3.82. The number of hydrogen-bond donors (Lipinski definition) is 1. The van der Waals surface area contributed by atoms with Crippen LogP contribution >= 0.6 is 0 Å². The van der Waals surface area contributed by atoms with Crippen LogP contribution < -0.4 is 5.56 Å². The van der Waals surface area contributed by atoms with E-state index < -0.39 is 15.6 Å². The Morgan fingerprint density at radius 2 is 1.67 bits per heavy atom. The van der Waals surface area contributed by atoms with Crippen molar-refractivity contribution < 1.29 is 13.5 Å². The van der Waals surface area contributed by atoms with E-state index in [1.165, 1.54) is 35.3 Å². The van der Waals surface area contributed by atoms with Crippen molar-refractivity contribution in [3.63, 3.8) is 0 Å². The van der Waals surface area contributed by atoms with Crippen LogP contribution in [0.2, 0.25) is 0 Å². The highest BCUT2D eigenvalue weighted by Gasteiger charge is 2.27. The molecule has 1 N–H and O–H groups in total. The lowest BCUT2D eigenvalue weighted by Crippen LogP contribution is -2.21. The third kappa shape index (κ3) is 3.66. The number of aryl methyl sites for hydroxylation is 3. The fraction of sp³-hybridized carbons (Fsp3) is 0.154. The first-order chi connectivity index (χ1) is 17.1. The molecule has 0 spiro atoms. The topological polar surface area (TPSA) is 120 Å². The van der Waals surface area contributed by atoms with Crippen molar-refractivity contribution >= 4 is 21.1 Å². The summed E-state index contributed by atoms with van der Waals surface area (Å²) in [6.07, 6.45) is 2.74. The molecular weight excluding hydrogens is 478 g/mol. The van der Waals surface area contributed by atoms with Crippen molar-refractivity contribution in [1.29, 1.82) is 0 Å². The van der Waals surface area contributed by atoms with Crippen LogP contribution in [0.3, 0.4) is 0 Å². The molecule has 36 heavy (non-hydrogen) atoms. The van der Waals surface area contributed by atoms with Gasteiger partial charge >= 0.3 is 0 Å². The van der Waals surface area contributed by atoms with Crippen LogP contribution in [-0.2, 0) is 10.0 Å². The van der Waals surface area contributed by atoms with Crippen molar-refractivity contribution in [2.45, 2.75) is 32.6 Å². The lowest BCUT2D eigenvalue weighted by Gasteiger charge is -2.14. The number of phenolic OH excluding ortho intramolecular Hbond substituents is 1. The standard InChI is InChI=1S/C26H23N5O4S/c1-15-5-8-20(9-6-15)36(34,35)31-22(19-11-17(3)29-28-13-19)12-21-25(31)27-14-30(26(21)33)24-16(2)7-10-23(32)18(24)4/h5-14,32H,1-4H3. The van der Waals surface area contributed by atoms with E-state index >= 15 is 0 Å². The van der Waals surface area contributed by atoms with E-state index in [9.17, 15) is 18.3 Å². The number of fused-ring (bicyclic) bond motifs is 1. The highest BCUT2D eigenvalue weighted by Crippen LogP contribution is 2.31. The first kappa shape index (κ1) is 23.4. The number of aromatic hydroxyl groups is 1. The van der Waals surface area contributed by atoms with Crippen LogP contribution in [0.4, 0.5) is 0 Å². The Kier molecular flexibility index (Phi) is 5.48. The highest BCUT2D eigenvalue weighted by atomic mass is 32.2. The van der Waals surface area contributed by atoms with Gasteiger partial charge in [0.05, 0.1) is 33.6 Å². The summed E-state index contributed by atoms with van der Waals surface area (Å²) >= 11 is 0. The molecule has 0 aliphatic heterocycles. The molecule has 0 aliphatic carbocycles. The van der Waals surface area contributed by atoms with Crippen LogP contribution in [0.1, 0.15) is 22.4 Å². The van der Waals surface area contributed by atoms with Crippen molar-refractivity contribution in [3.8, 4) is 22.7 Å². The number of nitrogens with zero attached hydrogens (tertiary/aromatic N) is 5. The average Bonchev–Trinajstić information content (AvgIpc) is 3.25. The summed E-state index contributed by atoms with van der Waals surface area (Å²) in [6.45, 7) is 7.14. The first-order valence-electron chi connectivity index (χ1n) is 11.1. The average molecular weight is 502 g/mol. The van der Waals surface area contributed by atoms with Gasteiger partial charge in [0.2, 0.25) is 0 Å². The summed E-state index contributed by atoms with van der Waals surface area (Å²) in [5.74, 6) is 0.0427. The summed E-state index contributed by atoms with van der Waals surface area (Å²) in [4.78, 5) is 18.2. The molecule has 0 bridgehead atoms. The molecule has 182 valence electrons. The smallest absolute Gasteiger partial charge is 0.269 e. The number of benzene rings is 2. The van der Waals surface area contributed by atoms with Crippen LogP contribution in [0.25, 0.3) is 28.0 Å². The molecule has 2 aromatic carbocycles. The van der Waals surface area contributed by atoms with E-state index in [0.717, 1.165) is 15.1 Å². The minimum atomic E-state index is -4.13. The van der Waals surface area contributed by atoms with Gasteiger partial charge < -0.3 is 5.11 Å².